The number of ether oxygens (including phenoxy) is 2. The average molecular weight is 297 g/mol. The number of pyridine rings is 1. The number of carbonyl (C=O) groups excluding carboxylic acids is 1. The summed E-state index contributed by atoms with van der Waals surface area (Å²) in [5, 5.41) is 4.19. The third-order valence-electron chi connectivity index (χ3n) is 3.26. The van der Waals surface area contributed by atoms with Crippen molar-refractivity contribution in [2.75, 3.05) is 13.7 Å². The Morgan fingerprint density at radius 1 is 1.36 bits per heavy atom. The fourth-order valence-electron chi connectivity index (χ4n) is 2.16. The molecule has 2 aromatic rings. The summed E-state index contributed by atoms with van der Waals surface area (Å²) in [6.07, 6.45) is 2.27. The van der Waals surface area contributed by atoms with Crippen LogP contribution in [0.3, 0.4) is 0 Å². The lowest BCUT2D eigenvalue weighted by molar-refractivity contribution is 0.0954. The molecule has 3 rings (SSSR count). The van der Waals surface area contributed by atoms with Crippen molar-refractivity contribution in [3.63, 3.8) is 0 Å². The summed E-state index contributed by atoms with van der Waals surface area (Å²) in [5.74, 6) is 1.01. The van der Waals surface area contributed by atoms with Gasteiger partial charge in [-0.05, 0) is 30.3 Å². The number of nitrogens with zero attached hydrogens (tertiary/aromatic N) is 2. The third-order valence-corrected chi connectivity index (χ3v) is 3.26. The zero-order chi connectivity index (χ0) is 15.4. The van der Waals surface area contributed by atoms with Crippen LogP contribution in [0.4, 0.5) is 0 Å². The molecule has 1 aromatic carbocycles. The highest BCUT2D eigenvalue weighted by atomic mass is 16.5. The Bertz CT molecular complexity index is 728. The van der Waals surface area contributed by atoms with Crippen molar-refractivity contribution in [1.82, 2.24) is 10.4 Å². The smallest absolute Gasteiger partial charge is 0.271 e. The number of aromatic nitrogens is 1. The van der Waals surface area contributed by atoms with Gasteiger partial charge in [-0.15, -0.1) is 0 Å². The Kier molecular flexibility index (Phi) is 4.00. The van der Waals surface area contributed by atoms with Crippen molar-refractivity contribution < 1.29 is 14.3 Å². The molecule has 0 spiro atoms. The van der Waals surface area contributed by atoms with E-state index in [9.17, 15) is 4.79 Å². The molecule has 2 heterocycles. The molecule has 0 aliphatic carbocycles. The van der Waals surface area contributed by atoms with E-state index in [4.69, 9.17) is 9.47 Å². The zero-order valence-corrected chi connectivity index (χ0v) is 12.1. The Labute approximate surface area is 127 Å². The number of hydrazone groups is 1. The Balaban J connectivity index is 1.78. The molecule has 0 saturated heterocycles. The number of nitrogens with one attached hydrogen (secondary N) is 1. The fourth-order valence-corrected chi connectivity index (χ4v) is 2.16. The number of hydrogen-bond acceptors (Lipinski definition) is 5. The highest BCUT2D eigenvalue weighted by Crippen LogP contribution is 2.22. The van der Waals surface area contributed by atoms with E-state index in [0.29, 0.717) is 41.5 Å². The Hall–Kier alpha value is -2.89. The van der Waals surface area contributed by atoms with Crippen LogP contribution in [0.25, 0.3) is 0 Å². The van der Waals surface area contributed by atoms with Crippen molar-refractivity contribution in [3.05, 3.63) is 53.9 Å². The van der Waals surface area contributed by atoms with Crippen LogP contribution in [-0.2, 0) is 0 Å². The molecular weight excluding hydrogens is 282 g/mol. The van der Waals surface area contributed by atoms with Gasteiger partial charge in [0.2, 0.25) is 0 Å². The predicted octanol–water partition coefficient (Wildman–Crippen LogP) is 2.01. The molecule has 1 aliphatic heterocycles. The summed E-state index contributed by atoms with van der Waals surface area (Å²) in [5.41, 5.74) is 4.42. The lowest BCUT2D eigenvalue weighted by atomic mass is 10.1. The number of hydrogen-bond donors (Lipinski definition) is 1. The first-order chi connectivity index (χ1) is 10.8. The predicted molar refractivity (Wildman–Crippen MR) is 81.3 cm³/mol. The second kappa shape index (κ2) is 6.26. The first-order valence-electron chi connectivity index (χ1n) is 6.87. The molecule has 22 heavy (non-hydrogen) atoms. The van der Waals surface area contributed by atoms with Crippen LogP contribution in [0.15, 0.2) is 47.7 Å². The van der Waals surface area contributed by atoms with Crippen molar-refractivity contribution >= 4 is 11.6 Å². The maximum Gasteiger partial charge on any atom is 0.271 e. The molecule has 0 atom stereocenters. The Morgan fingerprint density at radius 2 is 2.27 bits per heavy atom. The minimum absolute atomic E-state index is 0.296. The molecule has 1 amide bonds. The molecule has 0 saturated carbocycles. The van der Waals surface area contributed by atoms with E-state index in [1.807, 2.05) is 6.07 Å². The van der Waals surface area contributed by atoms with E-state index >= 15 is 0 Å². The first-order valence-corrected chi connectivity index (χ1v) is 6.87. The molecule has 6 heteroatoms. The summed E-state index contributed by atoms with van der Waals surface area (Å²) < 4.78 is 10.6. The van der Waals surface area contributed by atoms with Crippen LogP contribution < -0.4 is 14.9 Å². The molecule has 112 valence electrons. The topological polar surface area (TPSA) is 72.8 Å². The second-order valence-electron chi connectivity index (χ2n) is 4.68. The summed E-state index contributed by atoms with van der Waals surface area (Å²) in [4.78, 5) is 16.4. The lowest BCUT2D eigenvalue weighted by Gasteiger charge is -2.17. The first kappa shape index (κ1) is 14.1. The minimum atomic E-state index is -0.296. The van der Waals surface area contributed by atoms with E-state index in [1.165, 1.54) is 0 Å². The van der Waals surface area contributed by atoms with Crippen LogP contribution >= 0.6 is 0 Å². The van der Waals surface area contributed by atoms with Gasteiger partial charge >= 0.3 is 0 Å². The van der Waals surface area contributed by atoms with E-state index in [-0.39, 0.29) is 5.91 Å². The third kappa shape index (κ3) is 2.90. The van der Waals surface area contributed by atoms with Gasteiger partial charge in [-0.1, -0.05) is 6.07 Å². The van der Waals surface area contributed by atoms with E-state index in [1.54, 1.807) is 43.6 Å². The maximum absolute atomic E-state index is 12.1. The van der Waals surface area contributed by atoms with Crippen molar-refractivity contribution in [1.29, 1.82) is 0 Å². The maximum atomic E-state index is 12.1. The molecule has 1 N–H and O–H groups in total. The molecular formula is C16H15N3O3. The normalized spacial score (nSPS) is 14.9. The van der Waals surface area contributed by atoms with E-state index in [0.717, 1.165) is 0 Å². The van der Waals surface area contributed by atoms with Gasteiger partial charge in [0.25, 0.3) is 5.91 Å². The van der Waals surface area contributed by atoms with Crippen LogP contribution in [0.2, 0.25) is 0 Å². The van der Waals surface area contributed by atoms with Gasteiger partial charge in [0, 0.05) is 18.2 Å². The van der Waals surface area contributed by atoms with Crippen molar-refractivity contribution in [3.8, 4) is 11.5 Å². The number of carbonyl (C=O) groups is 1. The lowest BCUT2D eigenvalue weighted by Crippen LogP contribution is -2.24. The molecule has 0 fully saturated rings. The minimum Gasteiger partial charge on any atom is -0.497 e. The highest BCUT2D eigenvalue weighted by Gasteiger charge is 2.18. The quantitative estimate of drug-likeness (QED) is 0.880. The van der Waals surface area contributed by atoms with Gasteiger partial charge in [0.05, 0.1) is 19.4 Å². The number of benzene rings is 1. The summed E-state index contributed by atoms with van der Waals surface area (Å²) in [6, 6.07) is 10.5. The summed E-state index contributed by atoms with van der Waals surface area (Å²) >= 11 is 0. The number of fused-ring (bicyclic) bond motifs is 1. The van der Waals surface area contributed by atoms with Crippen LogP contribution in [0, 0.1) is 0 Å². The molecule has 0 unspecified atom stereocenters. The standard InChI is InChI=1S/C16H15N3O3/c1-21-12-5-2-4-11(10-12)16(20)19-18-13-7-9-22-14-6-3-8-17-15(13)14/h2-6,8,10H,7,9H2,1H3,(H,19,20)/b18-13+. The van der Waals surface area contributed by atoms with Gasteiger partial charge in [-0.2, -0.15) is 5.10 Å². The van der Waals surface area contributed by atoms with Gasteiger partial charge < -0.3 is 9.47 Å². The van der Waals surface area contributed by atoms with Crippen LogP contribution in [0.1, 0.15) is 22.5 Å². The number of rotatable bonds is 3. The van der Waals surface area contributed by atoms with Gasteiger partial charge in [0.15, 0.2) is 0 Å². The SMILES string of the molecule is COc1cccc(C(=O)N/N=C2\CCOc3cccnc32)c1. The fraction of sp³-hybridized carbons (Fsp3) is 0.188. The summed E-state index contributed by atoms with van der Waals surface area (Å²) in [6.45, 7) is 0.520. The molecule has 0 bridgehead atoms. The van der Waals surface area contributed by atoms with Gasteiger partial charge in [0.1, 0.15) is 17.2 Å². The molecule has 1 aliphatic rings. The largest absolute Gasteiger partial charge is 0.497 e. The van der Waals surface area contributed by atoms with Crippen molar-refractivity contribution in [2.24, 2.45) is 5.10 Å². The average Bonchev–Trinajstić information content (AvgIpc) is 2.59. The molecule has 0 radical (unpaired) electrons. The zero-order valence-electron chi connectivity index (χ0n) is 12.1. The van der Waals surface area contributed by atoms with Crippen LogP contribution in [-0.4, -0.2) is 30.3 Å². The molecule has 1 aromatic heterocycles. The Morgan fingerprint density at radius 3 is 3.14 bits per heavy atom. The highest BCUT2D eigenvalue weighted by molar-refractivity contribution is 6.03. The van der Waals surface area contributed by atoms with Gasteiger partial charge in [-0.25, -0.2) is 5.43 Å². The van der Waals surface area contributed by atoms with Crippen molar-refractivity contribution in [2.45, 2.75) is 6.42 Å². The number of methoxy groups -OCH3 is 1. The number of amides is 1. The molecule has 6 nitrogen and oxygen atoms in total. The monoisotopic (exact) mass is 297 g/mol. The second-order valence-corrected chi connectivity index (χ2v) is 4.68. The van der Waals surface area contributed by atoms with E-state index in [2.05, 4.69) is 15.5 Å². The van der Waals surface area contributed by atoms with Gasteiger partial charge in [-0.3, -0.25) is 9.78 Å². The van der Waals surface area contributed by atoms with E-state index < -0.39 is 0 Å². The summed E-state index contributed by atoms with van der Waals surface area (Å²) in [7, 11) is 1.56. The van der Waals surface area contributed by atoms with Crippen LogP contribution in [0.5, 0.6) is 11.5 Å².